The number of nitrogens with one attached hydrogen (secondary N) is 2. The summed E-state index contributed by atoms with van der Waals surface area (Å²) < 4.78 is 5.21. The first kappa shape index (κ1) is 14.9. The molecule has 0 saturated carbocycles. The Bertz CT molecular complexity index is 333. The summed E-state index contributed by atoms with van der Waals surface area (Å²) in [5, 5.41) is 15.0. The van der Waals surface area contributed by atoms with E-state index in [2.05, 4.69) is 10.6 Å². The van der Waals surface area contributed by atoms with Gasteiger partial charge in [0.15, 0.2) is 0 Å². The summed E-state index contributed by atoms with van der Waals surface area (Å²) in [5.41, 5.74) is -1.91. The predicted octanol–water partition coefficient (Wildman–Crippen LogP) is -0.0196. The van der Waals surface area contributed by atoms with Gasteiger partial charge in [-0.1, -0.05) is 0 Å². The van der Waals surface area contributed by atoms with E-state index in [9.17, 15) is 14.7 Å². The van der Waals surface area contributed by atoms with E-state index in [1.165, 1.54) is 0 Å². The number of hydrogen-bond acceptors (Lipinski definition) is 4. The number of aliphatic carboxylic acids is 1. The standard InChI is InChI=1S/C12H22N2O4/c1-11(2,10(16)17)12(3,4)14-9(15)8-7-18-6-5-13-8/h8,13H,5-7H2,1-4H3,(H,14,15)(H,16,17). The van der Waals surface area contributed by atoms with Crippen LogP contribution in [-0.2, 0) is 14.3 Å². The van der Waals surface area contributed by atoms with Crippen molar-refractivity contribution in [2.75, 3.05) is 19.8 Å². The summed E-state index contributed by atoms with van der Waals surface area (Å²) in [6, 6.07) is -0.414. The highest BCUT2D eigenvalue weighted by Crippen LogP contribution is 2.30. The SMILES string of the molecule is CC(C)(NC(=O)C1COCCN1)C(C)(C)C(=O)O. The molecular weight excluding hydrogens is 236 g/mol. The molecule has 1 aliphatic heterocycles. The highest BCUT2D eigenvalue weighted by atomic mass is 16.5. The van der Waals surface area contributed by atoms with Gasteiger partial charge in [0.1, 0.15) is 6.04 Å². The van der Waals surface area contributed by atoms with Crippen LogP contribution in [0.4, 0.5) is 0 Å². The third kappa shape index (κ3) is 3.00. The van der Waals surface area contributed by atoms with E-state index >= 15 is 0 Å². The number of carboxylic acid groups (broad SMARTS) is 1. The summed E-state index contributed by atoms with van der Waals surface area (Å²) in [7, 11) is 0. The van der Waals surface area contributed by atoms with E-state index in [4.69, 9.17) is 4.74 Å². The van der Waals surface area contributed by atoms with Gasteiger partial charge in [-0.05, 0) is 27.7 Å². The molecule has 6 nitrogen and oxygen atoms in total. The molecule has 0 radical (unpaired) electrons. The lowest BCUT2D eigenvalue weighted by Crippen LogP contribution is -2.62. The second kappa shape index (κ2) is 5.24. The number of carbonyl (C=O) groups is 2. The van der Waals surface area contributed by atoms with Crippen molar-refractivity contribution in [3.8, 4) is 0 Å². The number of amides is 1. The lowest BCUT2D eigenvalue weighted by molar-refractivity contribution is -0.152. The summed E-state index contributed by atoms with van der Waals surface area (Å²) >= 11 is 0. The lowest BCUT2D eigenvalue weighted by atomic mass is 9.74. The van der Waals surface area contributed by atoms with Crippen LogP contribution in [0.5, 0.6) is 0 Å². The minimum atomic E-state index is -1.06. The zero-order chi connectivity index (χ0) is 14.0. The number of carboxylic acids is 1. The van der Waals surface area contributed by atoms with E-state index < -0.39 is 23.0 Å². The Morgan fingerprint density at radius 1 is 1.33 bits per heavy atom. The van der Waals surface area contributed by atoms with E-state index in [1.54, 1.807) is 27.7 Å². The average Bonchev–Trinajstić information content (AvgIpc) is 2.29. The molecule has 1 aliphatic rings. The highest BCUT2D eigenvalue weighted by Gasteiger charge is 2.45. The zero-order valence-corrected chi connectivity index (χ0v) is 11.4. The first-order valence-electron chi connectivity index (χ1n) is 6.05. The maximum absolute atomic E-state index is 12.0. The van der Waals surface area contributed by atoms with Gasteiger partial charge < -0.3 is 20.5 Å². The Kier molecular flexibility index (Phi) is 4.34. The molecule has 0 aromatic rings. The Labute approximate surface area is 107 Å². The molecular formula is C12H22N2O4. The minimum Gasteiger partial charge on any atom is -0.481 e. The first-order chi connectivity index (χ1) is 8.18. The topological polar surface area (TPSA) is 87.7 Å². The number of ether oxygens (including phenoxy) is 1. The third-order valence-electron chi connectivity index (χ3n) is 3.77. The van der Waals surface area contributed by atoms with Crippen LogP contribution >= 0.6 is 0 Å². The molecule has 1 heterocycles. The fourth-order valence-corrected chi connectivity index (χ4v) is 1.55. The van der Waals surface area contributed by atoms with E-state index in [0.29, 0.717) is 19.8 Å². The first-order valence-corrected chi connectivity index (χ1v) is 6.05. The Hall–Kier alpha value is -1.14. The molecule has 0 aromatic carbocycles. The zero-order valence-electron chi connectivity index (χ0n) is 11.4. The molecule has 3 N–H and O–H groups in total. The van der Waals surface area contributed by atoms with Gasteiger partial charge in [0, 0.05) is 6.54 Å². The van der Waals surface area contributed by atoms with Gasteiger partial charge in [-0.15, -0.1) is 0 Å². The number of morpholine rings is 1. The van der Waals surface area contributed by atoms with Crippen LogP contribution < -0.4 is 10.6 Å². The second-order valence-electron chi connectivity index (χ2n) is 5.63. The van der Waals surface area contributed by atoms with E-state index in [-0.39, 0.29) is 5.91 Å². The normalized spacial score (nSPS) is 21.4. The second-order valence-corrected chi connectivity index (χ2v) is 5.63. The smallest absolute Gasteiger partial charge is 0.311 e. The molecule has 1 fully saturated rings. The largest absolute Gasteiger partial charge is 0.481 e. The monoisotopic (exact) mass is 258 g/mol. The number of hydrogen-bond donors (Lipinski definition) is 3. The minimum absolute atomic E-state index is 0.228. The average molecular weight is 258 g/mol. The number of rotatable bonds is 4. The van der Waals surface area contributed by atoms with Gasteiger partial charge in [-0.3, -0.25) is 9.59 Å². The van der Waals surface area contributed by atoms with Crippen molar-refractivity contribution in [2.45, 2.75) is 39.3 Å². The van der Waals surface area contributed by atoms with Crippen molar-refractivity contribution in [2.24, 2.45) is 5.41 Å². The molecule has 1 atom stereocenters. The van der Waals surface area contributed by atoms with Gasteiger partial charge >= 0.3 is 5.97 Å². The van der Waals surface area contributed by atoms with Crippen molar-refractivity contribution in [3.63, 3.8) is 0 Å². The molecule has 18 heavy (non-hydrogen) atoms. The molecule has 0 spiro atoms. The predicted molar refractivity (Wildman–Crippen MR) is 66.2 cm³/mol. The van der Waals surface area contributed by atoms with Crippen molar-refractivity contribution in [1.29, 1.82) is 0 Å². The highest BCUT2D eigenvalue weighted by molar-refractivity contribution is 5.84. The fraction of sp³-hybridized carbons (Fsp3) is 0.833. The molecule has 104 valence electrons. The van der Waals surface area contributed by atoms with Crippen LogP contribution in [0.1, 0.15) is 27.7 Å². The van der Waals surface area contributed by atoms with Crippen LogP contribution in [0.15, 0.2) is 0 Å². The van der Waals surface area contributed by atoms with Crippen molar-refractivity contribution in [1.82, 2.24) is 10.6 Å². The van der Waals surface area contributed by atoms with Crippen molar-refractivity contribution in [3.05, 3.63) is 0 Å². The fourth-order valence-electron chi connectivity index (χ4n) is 1.55. The van der Waals surface area contributed by atoms with Gasteiger partial charge in [0.25, 0.3) is 0 Å². The molecule has 1 rings (SSSR count). The molecule has 1 amide bonds. The molecule has 1 unspecified atom stereocenters. The summed E-state index contributed by atoms with van der Waals surface area (Å²) in [6.07, 6.45) is 0. The van der Waals surface area contributed by atoms with Gasteiger partial charge in [-0.2, -0.15) is 0 Å². The molecule has 0 bridgehead atoms. The summed E-state index contributed by atoms with van der Waals surface area (Å²) in [5.74, 6) is -1.17. The van der Waals surface area contributed by atoms with Gasteiger partial charge in [0.05, 0.1) is 24.2 Å². The van der Waals surface area contributed by atoms with Gasteiger partial charge in [0.2, 0.25) is 5.91 Å². The van der Waals surface area contributed by atoms with Crippen LogP contribution in [0.3, 0.4) is 0 Å². The van der Waals surface area contributed by atoms with Crippen LogP contribution in [0.25, 0.3) is 0 Å². The third-order valence-corrected chi connectivity index (χ3v) is 3.77. The van der Waals surface area contributed by atoms with Gasteiger partial charge in [-0.25, -0.2) is 0 Å². The molecule has 1 saturated heterocycles. The molecule has 0 aromatic heterocycles. The Balaban J connectivity index is 2.70. The Morgan fingerprint density at radius 3 is 2.39 bits per heavy atom. The number of carbonyl (C=O) groups excluding carboxylic acids is 1. The van der Waals surface area contributed by atoms with Crippen LogP contribution in [0.2, 0.25) is 0 Å². The molecule has 0 aliphatic carbocycles. The summed E-state index contributed by atoms with van der Waals surface area (Å²) in [6.45, 7) is 8.15. The molecule has 6 heteroatoms. The van der Waals surface area contributed by atoms with Crippen LogP contribution in [0, 0.1) is 5.41 Å². The lowest BCUT2D eigenvalue weighted by Gasteiger charge is -2.40. The van der Waals surface area contributed by atoms with E-state index in [1.807, 2.05) is 0 Å². The maximum atomic E-state index is 12.0. The Morgan fingerprint density at radius 2 is 1.94 bits per heavy atom. The van der Waals surface area contributed by atoms with Crippen LogP contribution in [-0.4, -0.2) is 48.3 Å². The maximum Gasteiger partial charge on any atom is 0.311 e. The van der Waals surface area contributed by atoms with Crippen molar-refractivity contribution < 1.29 is 19.4 Å². The van der Waals surface area contributed by atoms with Crippen molar-refractivity contribution >= 4 is 11.9 Å². The van der Waals surface area contributed by atoms with E-state index in [0.717, 1.165) is 0 Å². The quantitative estimate of drug-likeness (QED) is 0.659. The summed E-state index contributed by atoms with van der Waals surface area (Å²) in [4.78, 5) is 23.3.